The van der Waals surface area contributed by atoms with Crippen molar-refractivity contribution < 1.29 is 9.21 Å². The largest absolute Gasteiger partial charge is 0.467 e. The van der Waals surface area contributed by atoms with E-state index in [-0.39, 0.29) is 5.91 Å². The van der Waals surface area contributed by atoms with Gasteiger partial charge in [-0.1, -0.05) is 67.1 Å². The third-order valence-corrected chi connectivity index (χ3v) is 6.15. The first-order valence-corrected chi connectivity index (χ1v) is 10.9. The van der Waals surface area contributed by atoms with E-state index in [0.717, 1.165) is 15.8 Å². The highest BCUT2D eigenvalue weighted by Gasteiger charge is 2.21. The second-order valence-corrected chi connectivity index (χ2v) is 8.62. The lowest BCUT2D eigenvalue weighted by Gasteiger charge is -2.16. The molecule has 4 aromatic rings. The Hall–Kier alpha value is -2.89. The first kappa shape index (κ1) is 20.4. The molecule has 0 N–H and O–H groups in total. The van der Waals surface area contributed by atoms with Gasteiger partial charge in [0.05, 0.1) is 23.0 Å². The number of rotatable bonds is 6. The summed E-state index contributed by atoms with van der Waals surface area (Å²) < 4.78 is 6.55. The van der Waals surface area contributed by atoms with E-state index in [0.29, 0.717) is 28.4 Å². The third kappa shape index (κ3) is 4.32. The molecule has 4 rings (SSSR count). The monoisotopic (exact) mass is 436 g/mol. The summed E-state index contributed by atoms with van der Waals surface area (Å²) in [6, 6.07) is 17.2. The van der Waals surface area contributed by atoms with Gasteiger partial charge in [-0.3, -0.25) is 9.69 Å². The minimum Gasteiger partial charge on any atom is -0.467 e. The van der Waals surface area contributed by atoms with Crippen LogP contribution in [0.2, 0.25) is 5.02 Å². The van der Waals surface area contributed by atoms with E-state index in [1.165, 1.54) is 23.0 Å². The van der Waals surface area contributed by atoms with Crippen LogP contribution in [0.1, 0.15) is 36.7 Å². The van der Waals surface area contributed by atoms with Crippen molar-refractivity contribution in [2.24, 2.45) is 0 Å². The summed E-state index contributed by atoms with van der Waals surface area (Å²) in [5.41, 5.74) is 2.91. The van der Waals surface area contributed by atoms with Crippen molar-refractivity contribution in [2.45, 2.75) is 26.3 Å². The molecule has 2 heterocycles. The molecule has 1 amide bonds. The molecule has 2 aromatic heterocycles. The van der Waals surface area contributed by atoms with Gasteiger partial charge in [0.1, 0.15) is 5.76 Å². The Bertz CT molecular complexity index is 1200. The van der Waals surface area contributed by atoms with Gasteiger partial charge in [-0.15, -0.1) is 0 Å². The van der Waals surface area contributed by atoms with Crippen LogP contribution in [0.4, 0.5) is 5.13 Å². The standard InChI is InChI=1S/C24H21ClN2O2S/c1-16(2)19-9-5-11-21-23(19)26-24(30-21)27(15-18-8-6-14-29-18)22(28)13-12-17-7-3-4-10-20(17)25/h3-14,16H,15H2,1-2H3/b13-12+. The first-order chi connectivity index (χ1) is 14.5. The number of aromatic nitrogens is 1. The molecule has 0 aliphatic heterocycles. The number of fused-ring (bicyclic) bond motifs is 1. The number of hydrogen-bond donors (Lipinski definition) is 0. The Morgan fingerprint density at radius 1 is 1.17 bits per heavy atom. The molecule has 4 nitrogen and oxygen atoms in total. The second-order valence-electron chi connectivity index (χ2n) is 7.20. The second kappa shape index (κ2) is 8.86. The Kier molecular flexibility index (Phi) is 6.02. The van der Waals surface area contributed by atoms with Crippen molar-refractivity contribution in [3.8, 4) is 0 Å². The molecule has 152 valence electrons. The molecule has 0 unspecified atom stereocenters. The van der Waals surface area contributed by atoms with E-state index >= 15 is 0 Å². The number of anilines is 1. The van der Waals surface area contributed by atoms with E-state index < -0.39 is 0 Å². The maximum Gasteiger partial charge on any atom is 0.253 e. The molecule has 0 atom stereocenters. The van der Waals surface area contributed by atoms with Crippen LogP contribution in [-0.2, 0) is 11.3 Å². The molecule has 6 heteroatoms. The van der Waals surface area contributed by atoms with Crippen molar-refractivity contribution in [3.05, 3.63) is 88.8 Å². The van der Waals surface area contributed by atoms with Crippen molar-refractivity contribution in [1.82, 2.24) is 4.98 Å². The van der Waals surface area contributed by atoms with E-state index in [2.05, 4.69) is 19.9 Å². The number of para-hydroxylation sites is 1. The minimum absolute atomic E-state index is 0.184. The van der Waals surface area contributed by atoms with Crippen LogP contribution >= 0.6 is 22.9 Å². The van der Waals surface area contributed by atoms with Gasteiger partial charge in [-0.25, -0.2) is 4.98 Å². The zero-order valence-electron chi connectivity index (χ0n) is 16.7. The first-order valence-electron chi connectivity index (χ1n) is 9.69. The fraction of sp³-hybridized carbons (Fsp3) is 0.167. The Morgan fingerprint density at radius 2 is 2.00 bits per heavy atom. The normalized spacial score (nSPS) is 11.6. The van der Waals surface area contributed by atoms with Crippen LogP contribution in [0.25, 0.3) is 16.3 Å². The molecule has 0 radical (unpaired) electrons. The van der Waals surface area contributed by atoms with Crippen molar-refractivity contribution >= 4 is 50.3 Å². The van der Waals surface area contributed by atoms with Crippen LogP contribution in [0, 0.1) is 0 Å². The lowest BCUT2D eigenvalue weighted by Crippen LogP contribution is -2.28. The zero-order valence-corrected chi connectivity index (χ0v) is 18.3. The number of nitrogens with zero attached hydrogens (tertiary/aromatic N) is 2. The maximum atomic E-state index is 13.2. The lowest BCUT2D eigenvalue weighted by molar-refractivity contribution is -0.114. The Morgan fingerprint density at radius 3 is 2.73 bits per heavy atom. The number of halogens is 1. The highest BCUT2D eigenvalue weighted by atomic mass is 35.5. The summed E-state index contributed by atoms with van der Waals surface area (Å²) in [4.78, 5) is 19.6. The van der Waals surface area contributed by atoms with Gasteiger partial charge < -0.3 is 4.42 Å². The summed E-state index contributed by atoms with van der Waals surface area (Å²) in [7, 11) is 0. The number of carbonyl (C=O) groups is 1. The maximum absolute atomic E-state index is 13.2. The molecular formula is C24H21ClN2O2S. The summed E-state index contributed by atoms with van der Waals surface area (Å²) in [6.45, 7) is 4.59. The van der Waals surface area contributed by atoms with Gasteiger partial charge in [0, 0.05) is 11.1 Å². The van der Waals surface area contributed by atoms with Crippen LogP contribution in [-0.4, -0.2) is 10.9 Å². The number of benzene rings is 2. The van der Waals surface area contributed by atoms with Crippen LogP contribution in [0.5, 0.6) is 0 Å². The zero-order chi connectivity index (χ0) is 21.1. The van der Waals surface area contributed by atoms with Gasteiger partial charge in [-0.05, 0) is 47.4 Å². The fourth-order valence-corrected chi connectivity index (χ4v) is 4.40. The van der Waals surface area contributed by atoms with E-state index in [1.807, 2.05) is 42.5 Å². The minimum atomic E-state index is -0.184. The Balaban J connectivity index is 1.71. The molecule has 0 fully saturated rings. The van der Waals surface area contributed by atoms with E-state index in [1.54, 1.807) is 23.3 Å². The predicted octanol–water partition coefficient (Wildman–Crippen LogP) is 6.91. The van der Waals surface area contributed by atoms with Gasteiger partial charge in [0.25, 0.3) is 5.91 Å². The molecule has 2 aromatic carbocycles. The van der Waals surface area contributed by atoms with E-state index in [9.17, 15) is 4.79 Å². The van der Waals surface area contributed by atoms with Gasteiger partial charge in [0.15, 0.2) is 5.13 Å². The number of carbonyl (C=O) groups excluding carboxylic acids is 1. The topological polar surface area (TPSA) is 46.3 Å². The van der Waals surface area contributed by atoms with Crippen molar-refractivity contribution in [1.29, 1.82) is 0 Å². The van der Waals surface area contributed by atoms with Crippen molar-refractivity contribution in [3.63, 3.8) is 0 Å². The Labute approximate surface area is 184 Å². The highest BCUT2D eigenvalue weighted by molar-refractivity contribution is 7.22. The average Bonchev–Trinajstić information content (AvgIpc) is 3.40. The number of amides is 1. The molecule has 0 saturated heterocycles. The summed E-state index contributed by atoms with van der Waals surface area (Å²) in [5.74, 6) is 0.854. The third-order valence-electron chi connectivity index (χ3n) is 4.76. The van der Waals surface area contributed by atoms with Crippen molar-refractivity contribution in [2.75, 3.05) is 4.90 Å². The predicted molar refractivity (Wildman–Crippen MR) is 124 cm³/mol. The quantitative estimate of drug-likeness (QED) is 0.308. The molecule has 0 aliphatic carbocycles. The molecule has 0 spiro atoms. The molecule has 30 heavy (non-hydrogen) atoms. The molecule has 0 aliphatic rings. The van der Waals surface area contributed by atoms with Gasteiger partial charge >= 0.3 is 0 Å². The molecular weight excluding hydrogens is 416 g/mol. The summed E-state index contributed by atoms with van der Waals surface area (Å²) >= 11 is 7.72. The average molecular weight is 437 g/mol. The fourth-order valence-electron chi connectivity index (χ4n) is 3.20. The van der Waals surface area contributed by atoms with Gasteiger partial charge in [0.2, 0.25) is 0 Å². The van der Waals surface area contributed by atoms with E-state index in [4.69, 9.17) is 21.0 Å². The van der Waals surface area contributed by atoms with Crippen LogP contribution in [0.15, 0.2) is 71.4 Å². The summed E-state index contributed by atoms with van der Waals surface area (Å²) in [6.07, 6.45) is 4.86. The smallest absolute Gasteiger partial charge is 0.253 e. The van der Waals surface area contributed by atoms with Crippen LogP contribution < -0.4 is 4.90 Å². The van der Waals surface area contributed by atoms with Gasteiger partial charge in [-0.2, -0.15) is 0 Å². The van der Waals surface area contributed by atoms with Crippen LogP contribution in [0.3, 0.4) is 0 Å². The lowest BCUT2D eigenvalue weighted by atomic mass is 10.0. The number of furan rings is 1. The number of thiazole rings is 1. The molecule has 0 saturated carbocycles. The SMILES string of the molecule is CC(C)c1cccc2sc(N(Cc3ccco3)C(=O)/C=C/c3ccccc3Cl)nc12. The highest BCUT2D eigenvalue weighted by Crippen LogP contribution is 2.34. The molecule has 0 bridgehead atoms. The number of hydrogen-bond acceptors (Lipinski definition) is 4. The summed E-state index contributed by atoms with van der Waals surface area (Å²) in [5, 5.41) is 1.24.